The normalized spacial score (nSPS) is 12.2. The van der Waals surface area contributed by atoms with Crippen molar-refractivity contribution in [2.45, 2.75) is 26.3 Å². The first-order valence-electron chi connectivity index (χ1n) is 5.90. The fraction of sp³-hybridized carbons (Fsp3) is 0.417. The monoisotopic (exact) mass is 288 g/mol. The number of unbranched alkanes of at least 4 members (excludes halogenated alkanes) is 1. The Hall–Kier alpha value is -1.47. The summed E-state index contributed by atoms with van der Waals surface area (Å²) in [6.45, 7) is 2.32. The summed E-state index contributed by atoms with van der Waals surface area (Å²) < 4.78 is 50.2. The van der Waals surface area contributed by atoms with Crippen molar-refractivity contribution in [1.29, 1.82) is 0 Å². The first kappa shape index (κ1) is 14.0. The molecule has 0 atom stereocenters. The quantitative estimate of drug-likeness (QED) is 0.517. The van der Waals surface area contributed by atoms with Gasteiger partial charge < -0.3 is 4.42 Å². The van der Waals surface area contributed by atoms with Gasteiger partial charge in [-0.2, -0.15) is 13.0 Å². The molecule has 0 fully saturated rings. The Kier molecular flexibility index (Phi) is 3.86. The second-order valence-corrected chi connectivity index (χ2v) is 5.95. The van der Waals surface area contributed by atoms with Crippen LogP contribution in [0, 0.1) is 12.7 Å². The maximum atomic E-state index is 13.1. The maximum Gasteiger partial charge on any atom is 0.344 e. The smallest absolute Gasteiger partial charge is 0.344 e. The summed E-state index contributed by atoms with van der Waals surface area (Å²) in [5.41, 5.74) is 1.23. The minimum Gasteiger partial charge on any atom is -0.401 e. The van der Waals surface area contributed by atoms with E-state index in [4.69, 9.17) is 8.97 Å². The fourth-order valence-electron chi connectivity index (χ4n) is 2.01. The van der Waals surface area contributed by atoms with Crippen LogP contribution in [-0.2, 0) is 16.7 Å². The molecule has 0 radical (unpaired) electrons. The third-order valence-electron chi connectivity index (χ3n) is 2.88. The van der Waals surface area contributed by atoms with Gasteiger partial charge in [0.05, 0.1) is 12.7 Å². The molecule has 0 saturated carbocycles. The summed E-state index contributed by atoms with van der Waals surface area (Å²) in [5, 5.41) is 0. The van der Waals surface area contributed by atoms with Gasteiger partial charge in [-0.05, 0) is 12.5 Å². The highest BCUT2D eigenvalue weighted by atomic mass is 32.2. The lowest BCUT2D eigenvalue weighted by molar-refractivity contribution is -0.683. The summed E-state index contributed by atoms with van der Waals surface area (Å²) in [6.07, 6.45) is 0.941. The van der Waals surface area contributed by atoms with Gasteiger partial charge in [-0.1, -0.05) is 0 Å². The van der Waals surface area contributed by atoms with Gasteiger partial charge in [0.1, 0.15) is 5.82 Å². The minimum absolute atomic E-state index is 0.253. The number of hydrogen-bond acceptors (Lipinski definition) is 3. The molecule has 0 spiro atoms. The molecule has 2 rings (SSSR count). The lowest BCUT2D eigenvalue weighted by Gasteiger charge is -1.96. The van der Waals surface area contributed by atoms with E-state index in [2.05, 4.69) is 0 Å². The van der Waals surface area contributed by atoms with Gasteiger partial charge >= 0.3 is 5.89 Å². The largest absolute Gasteiger partial charge is 0.401 e. The van der Waals surface area contributed by atoms with Gasteiger partial charge in [0.2, 0.25) is 5.58 Å². The Morgan fingerprint density at radius 1 is 1.37 bits per heavy atom. The van der Waals surface area contributed by atoms with Gasteiger partial charge in [0, 0.05) is 18.6 Å². The third-order valence-corrected chi connectivity index (χ3v) is 3.69. The highest BCUT2D eigenvalue weighted by Crippen LogP contribution is 2.15. The van der Waals surface area contributed by atoms with Gasteiger partial charge in [-0.25, -0.2) is 4.39 Å². The average Bonchev–Trinajstić information content (AvgIpc) is 2.58. The highest BCUT2D eigenvalue weighted by molar-refractivity contribution is 7.85. The second kappa shape index (κ2) is 5.26. The van der Waals surface area contributed by atoms with Crippen molar-refractivity contribution in [3.8, 4) is 0 Å². The molecule has 5 nitrogen and oxygen atoms in total. The summed E-state index contributed by atoms with van der Waals surface area (Å²) in [4.78, 5) is 0. The van der Waals surface area contributed by atoms with Gasteiger partial charge in [-0.3, -0.25) is 4.55 Å². The van der Waals surface area contributed by atoms with Crippen LogP contribution in [-0.4, -0.2) is 18.7 Å². The van der Waals surface area contributed by atoms with E-state index >= 15 is 0 Å². The molecule has 1 heterocycles. The van der Waals surface area contributed by atoms with Crippen LogP contribution in [0.1, 0.15) is 18.7 Å². The van der Waals surface area contributed by atoms with Crippen molar-refractivity contribution in [1.82, 2.24) is 0 Å². The number of hydrogen-bond donors (Lipinski definition) is 1. The first-order chi connectivity index (χ1) is 8.87. The predicted octanol–water partition coefficient (Wildman–Crippen LogP) is 1.84. The molecule has 7 heteroatoms. The third kappa shape index (κ3) is 3.51. The molecule has 104 valence electrons. The Bertz CT molecular complexity index is 693. The zero-order valence-corrected chi connectivity index (χ0v) is 11.3. The predicted molar refractivity (Wildman–Crippen MR) is 66.8 cm³/mol. The van der Waals surface area contributed by atoms with Gasteiger partial charge in [0.15, 0.2) is 6.54 Å². The van der Waals surface area contributed by atoms with E-state index in [1.807, 2.05) is 4.57 Å². The van der Waals surface area contributed by atoms with E-state index in [0.717, 1.165) is 5.52 Å². The highest BCUT2D eigenvalue weighted by Gasteiger charge is 2.19. The van der Waals surface area contributed by atoms with Crippen LogP contribution < -0.4 is 4.57 Å². The zero-order chi connectivity index (χ0) is 14.0. The molecule has 1 aromatic carbocycles. The number of rotatable bonds is 5. The molecule has 0 aliphatic carbocycles. The molecule has 0 saturated heterocycles. The Morgan fingerprint density at radius 2 is 2.11 bits per heavy atom. The van der Waals surface area contributed by atoms with Crippen molar-refractivity contribution in [2.24, 2.45) is 0 Å². The van der Waals surface area contributed by atoms with E-state index in [9.17, 15) is 12.8 Å². The second-order valence-electron chi connectivity index (χ2n) is 4.38. The van der Waals surface area contributed by atoms with Gasteiger partial charge in [-0.15, -0.1) is 0 Å². The maximum absolute atomic E-state index is 13.1. The van der Waals surface area contributed by atoms with Crippen LogP contribution >= 0.6 is 0 Å². The lowest BCUT2D eigenvalue weighted by atomic mass is 10.3. The molecule has 0 aliphatic heterocycles. The lowest BCUT2D eigenvalue weighted by Crippen LogP contribution is -2.35. The molecule has 19 heavy (non-hydrogen) atoms. The molecule has 0 unspecified atom stereocenters. The molecule has 1 N–H and O–H groups in total. The molecule has 0 bridgehead atoms. The number of aromatic nitrogens is 1. The Labute approximate surface area is 110 Å². The number of halogens is 1. The molecular formula is C12H15FNO4S+. The van der Waals surface area contributed by atoms with Gasteiger partial charge in [0.25, 0.3) is 15.6 Å². The summed E-state index contributed by atoms with van der Waals surface area (Å²) in [7, 11) is -3.91. The van der Waals surface area contributed by atoms with Crippen molar-refractivity contribution < 1.29 is 26.3 Å². The topological polar surface area (TPSA) is 71.4 Å². The fourth-order valence-corrected chi connectivity index (χ4v) is 2.58. The van der Waals surface area contributed by atoms with Crippen LogP contribution in [0.25, 0.3) is 11.1 Å². The van der Waals surface area contributed by atoms with E-state index < -0.39 is 10.1 Å². The number of nitrogens with zero attached hydrogens (tertiary/aromatic N) is 1. The summed E-state index contributed by atoms with van der Waals surface area (Å²) in [5.74, 6) is 0.0176. The molecule has 0 amide bonds. The van der Waals surface area contributed by atoms with Crippen LogP contribution in [0.3, 0.4) is 0 Å². The Morgan fingerprint density at radius 3 is 2.79 bits per heavy atom. The average molecular weight is 288 g/mol. The SMILES string of the molecule is Cc1oc2cc(F)ccc2[n+]1CCCCS(=O)(=O)O. The molecule has 2 aromatic rings. The molecule has 1 aromatic heterocycles. The van der Waals surface area contributed by atoms with Crippen molar-refractivity contribution in [3.63, 3.8) is 0 Å². The van der Waals surface area contributed by atoms with Crippen LogP contribution in [0.5, 0.6) is 0 Å². The first-order valence-corrected chi connectivity index (χ1v) is 7.51. The summed E-state index contributed by atoms with van der Waals surface area (Å²) in [6, 6.07) is 4.30. The number of aryl methyl sites for hydroxylation is 2. The summed E-state index contributed by atoms with van der Waals surface area (Å²) >= 11 is 0. The van der Waals surface area contributed by atoms with E-state index in [1.165, 1.54) is 12.1 Å². The van der Waals surface area contributed by atoms with Crippen molar-refractivity contribution in [3.05, 3.63) is 29.9 Å². The molecular weight excluding hydrogens is 273 g/mol. The van der Waals surface area contributed by atoms with Crippen LogP contribution in [0.4, 0.5) is 4.39 Å². The standard InChI is InChI=1S/C12H14FNO4S/c1-9-14(6-2-3-7-19(15,16)17)11-5-4-10(13)8-12(11)18-9/h4-5,8H,2-3,6-7H2,1H3/p+1. The number of fused-ring (bicyclic) bond motifs is 1. The van der Waals surface area contributed by atoms with Crippen LogP contribution in [0.15, 0.2) is 22.6 Å². The minimum atomic E-state index is -3.91. The number of oxazole rings is 1. The van der Waals surface area contributed by atoms with Crippen molar-refractivity contribution >= 4 is 21.2 Å². The Balaban J connectivity index is 2.10. The number of benzene rings is 1. The van der Waals surface area contributed by atoms with Crippen LogP contribution in [0.2, 0.25) is 0 Å². The van der Waals surface area contributed by atoms with E-state index in [1.54, 1.807) is 13.0 Å². The van der Waals surface area contributed by atoms with Crippen molar-refractivity contribution in [2.75, 3.05) is 5.75 Å². The van der Waals surface area contributed by atoms with E-state index in [-0.39, 0.29) is 11.6 Å². The molecule has 0 aliphatic rings. The van der Waals surface area contributed by atoms with E-state index in [0.29, 0.717) is 30.9 Å². The zero-order valence-electron chi connectivity index (χ0n) is 10.5.